The number of benzene rings is 7. The molecule has 0 N–H and O–H groups in total. The van der Waals surface area contributed by atoms with Gasteiger partial charge in [0.05, 0.1) is 11.4 Å². The zero-order valence-corrected chi connectivity index (χ0v) is 32.6. The molecule has 11 rings (SSSR count). The molecule has 9 aromatic rings. The molecule has 59 heavy (non-hydrogen) atoms. The zero-order valence-electron chi connectivity index (χ0n) is 32.6. The Kier molecular flexibility index (Phi) is 8.51. The summed E-state index contributed by atoms with van der Waals surface area (Å²) in [5.74, 6) is 0.701. The van der Waals surface area contributed by atoms with E-state index < -0.39 is 0 Å². The first kappa shape index (κ1) is 34.7. The lowest BCUT2D eigenvalue weighted by Crippen LogP contribution is -2.09. The molecular formula is C54H39N3O2. The minimum Gasteiger partial charge on any atom is -0.456 e. The smallest absolute Gasteiger partial charge is 0.160 e. The van der Waals surface area contributed by atoms with Crippen molar-refractivity contribution in [2.75, 3.05) is 4.90 Å². The molecule has 282 valence electrons. The van der Waals surface area contributed by atoms with Crippen molar-refractivity contribution in [2.24, 2.45) is 9.98 Å². The number of para-hydroxylation sites is 2. The van der Waals surface area contributed by atoms with E-state index in [4.69, 9.17) is 18.8 Å². The molecule has 2 aromatic heterocycles. The maximum absolute atomic E-state index is 6.64. The molecule has 1 aliphatic heterocycles. The number of anilines is 3. The van der Waals surface area contributed by atoms with E-state index in [-0.39, 0.29) is 0 Å². The number of rotatable bonds is 7. The average molecular weight is 762 g/mol. The Hall–Kier alpha value is -7.50. The highest BCUT2D eigenvalue weighted by atomic mass is 16.3. The Balaban J connectivity index is 0.985. The number of allylic oxidation sites excluding steroid dienone is 5. The van der Waals surface area contributed by atoms with Gasteiger partial charge in [0, 0.05) is 50.6 Å². The fourth-order valence-corrected chi connectivity index (χ4v) is 8.67. The van der Waals surface area contributed by atoms with Crippen LogP contribution >= 0.6 is 0 Å². The summed E-state index contributed by atoms with van der Waals surface area (Å²) >= 11 is 0. The fourth-order valence-electron chi connectivity index (χ4n) is 8.67. The minimum absolute atomic E-state index is 0.701. The van der Waals surface area contributed by atoms with Gasteiger partial charge in [0.25, 0.3) is 0 Å². The van der Waals surface area contributed by atoms with E-state index in [9.17, 15) is 0 Å². The van der Waals surface area contributed by atoms with Crippen LogP contribution in [-0.4, -0.2) is 11.5 Å². The van der Waals surface area contributed by atoms with Crippen LogP contribution in [0.25, 0.3) is 55.0 Å². The number of nitrogens with zero attached hydrogens (tertiary/aromatic N) is 3. The van der Waals surface area contributed by atoms with Gasteiger partial charge in [0.15, 0.2) is 5.84 Å². The second kappa shape index (κ2) is 14.5. The maximum Gasteiger partial charge on any atom is 0.160 e. The summed E-state index contributed by atoms with van der Waals surface area (Å²) in [7, 11) is 0. The Morgan fingerprint density at radius 1 is 0.525 bits per heavy atom. The molecule has 0 fully saturated rings. The molecule has 5 nitrogen and oxygen atoms in total. The second-order valence-electron chi connectivity index (χ2n) is 15.3. The second-order valence-corrected chi connectivity index (χ2v) is 15.3. The fraction of sp³-hybridized carbons (Fsp3) is 0.0741. The largest absolute Gasteiger partial charge is 0.456 e. The molecular weight excluding hydrogens is 723 g/mol. The van der Waals surface area contributed by atoms with Crippen LogP contribution in [0, 0.1) is 0 Å². The normalized spacial score (nSPS) is 14.5. The van der Waals surface area contributed by atoms with Gasteiger partial charge in [0.2, 0.25) is 0 Å². The summed E-state index contributed by atoms with van der Waals surface area (Å²) in [5, 5.41) is 4.35. The summed E-state index contributed by atoms with van der Waals surface area (Å²) < 4.78 is 12.8. The number of hydrogen-bond acceptors (Lipinski definition) is 5. The van der Waals surface area contributed by atoms with Crippen LogP contribution in [0.2, 0.25) is 0 Å². The van der Waals surface area contributed by atoms with Crippen LogP contribution in [0.5, 0.6) is 0 Å². The van der Waals surface area contributed by atoms with Gasteiger partial charge in [-0.2, -0.15) is 0 Å². The number of furan rings is 2. The van der Waals surface area contributed by atoms with Crippen LogP contribution in [0.15, 0.2) is 218 Å². The molecule has 0 spiro atoms. The minimum atomic E-state index is 0.701. The number of fused-ring (bicyclic) bond motifs is 6. The summed E-state index contributed by atoms with van der Waals surface area (Å²) in [4.78, 5) is 12.9. The molecule has 0 amide bonds. The molecule has 0 saturated heterocycles. The van der Waals surface area contributed by atoms with E-state index >= 15 is 0 Å². The number of hydrogen-bond donors (Lipinski definition) is 0. The van der Waals surface area contributed by atoms with Crippen molar-refractivity contribution in [3.63, 3.8) is 0 Å². The van der Waals surface area contributed by atoms with E-state index in [0.29, 0.717) is 5.84 Å². The molecule has 7 aromatic carbocycles. The molecule has 1 aliphatic carbocycles. The van der Waals surface area contributed by atoms with E-state index in [1.807, 2.05) is 18.2 Å². The van der Waals surface area contributed by atoms with Crippen molar-refractivity contribution < 1.29 is 8.83 Å². The summed E-state index contributed by atoms with van der Waals surface area (Å²) in [5.41, 5.74) is 15.4. The van der Waals surface area contributed by atoms with E-state index in [2.05, 4.69) is 176 Å². The third-order valence-corrected chi connectivity index (χ3v) is 11.5. The quantitative estimate of drug-likeness (QED) is 0.162. The van der Waals surface area contributed by atoms with Crippen molar-refractivity contribution in [1.82, 2.24) is 0 Å². The highest BCUT2D eigenvalue weighted by molar-refractivity contribution is 6.17. The predicted octanol–water partition coefficient (Wildman–Crippen LogP) is 14.8. The third-order valence-electron chi connectivity index (χ3n) is 11.5. The highest BCUT2D eigenvalue weighted by Gasteiger charge is 2.21. The van der Waals surface area contributed by atoms with Gasteiger partial charge < -0.3 is 13.7 Å². The first-order chi connectivity index (χ1) is 29.1. The molecule has 0 bridgehead atoms. The van der Waals surface area contributed by atoms with Gasteiger partial charge in [-0.3, -0.25) is 0 Å². The molecule has 2 aliphatic rings. The molecule has 3 heterocycles. The Labute approximate surface area is 342 Å². The summed E-state index contributed by atoms with van der Waals surface area (Å²) in [6, 6.07) is 57.2. The van der Waals surface area contributed by atoms with Gasteiger partial charge in [0.1, 0.15) is 22.3 Å². The van der Waals surface area contributed by atoms with Crippen LogP contribution in [-0.2, 0) is 0 Å². The number of aliphatic imine (C=N–C) groups is 2. The van der Waals surface area contributed by atoms with Gasteiger partial charge in [-0.25, -0.2) is 9.98 Å². The summed E-state index contributed by atoms with van der Waals surface area (Å²) in [6.07, 6.45) is 9.29. The lowest BCUT2D eigenvalue weighted by molar-refractivity contribution is 0.668. The third kappa shape index (κ3) is 6.28. The monoisotopic (exact) mass is 761 g/mol. The molecule has 0 saturated carbocycles. The maximum atomic E-state index is 6.64. The van der Waals surface area contributed by atoms with Crippen LogP contribution < -0.4 is 4.90 Å². The predicted molar refractivity (Wildman–Crippen MR) is 244 cm³/mol. The van der Waals surface area contributed by atoms with Gasteiger partial charge in [-0.15, -0.1) is 0 Å². The van der Waals surface area contributed by atoms with E-state index in [1.165, 1.54) is 11.1 Å². The van der Waals surface area contributed by atoms with Crippen molar-refractivity contribution in [2.45, 2.75) is 26.2 Å². The van der Waals surface area contributed by atoms with Gasteiger partial charge in [-0.05, 0) is 114 Å². The average Bonchev–Trinajstić information content (AvgIpc) is 3.80. The lowest BCUT2D eigenvalue weighted by Gasteiger charge is -2.25. The summed E-state index contributed by atoms with van der Waals surface area (Å²) in [6.45, 7) is 2.19. The van der Waals surface area contributed by atoms with Gasteiger partial charge >= 0.3 is 0 Å². The SMILES string of the molecule is CC1=C(C2=CC=CCC2)N=C(c2ccc3c(c2)oc2cccc(-c4ccc(N(c5ccccc5)c5ccc6oc7ccccc7c6c5)cc4)c23)N=C(c2ccccc2)C1. The Morgan fingerprint density at radius 3 is 2.07 bits per heavy atom. The Bertz CT molecular complexity index is 3230. The van der Waals surface area contributed by atoms with Crippen LogP contribution in [0.4, 0.5) is 17.1 Å². The highest BCUT2D eigenvalue weighted by Crippen LogP contribution is 2.42. The lowest BCUT2D eigenvalue weighted by atomic mass is 9.95. The number of amidine groups is 1. The molecule has 0 unspecified atom stereocenters. The molecule has 0 atom stereocenters. The van der Waals surface area contributed by atoms with E-state index in [0.717, 1.165) is 114 Å². The molecule has 5 heteroatoms. The van der Waals surface area contributed by atoms with Gasteiger partial charge in [-0.1, -0.05) is 115 Å². The van der Waals surface area contributed by atoms with Crippen LogP contribution in [0.1, 0.15) is 37.3 Å². The topological polar surface area (TPSA) is 54.2 Å². The Morgan fingerprint density at radius 2 is 1.24 bits per heavy atom. The van der Waals surface area contributed by atoms with Crippen molar-refractivity contribution >= 4 is 72.5 Å². The zero-order chi connectivity index (χ0) is 39.3. The van der Waals surface area contributed by atoms with Crippen LogP contribution in [0.3, 0.4) is 0 Å². The standard InChI is InChI=1S/C54H39N3O2/c1-35-32-47(37-14-5-2-6-15-37)55-54(56-53(35)38-16-7-3-8-17-38)39-26-30-45-51(33-39)59-50-23-13-21-43(52(45)50)36-24-27-41(28-25-36)57(40-18-9-4-10-19-40)42-29-31-49-46(34-42)44-20-11-12-22-48(44)58-49/h2-7,9-16,18-31,33-34H,8,17,32H2,1H3. The van der Waals surface area contributed by atoms with Crippen molar-refractivity contribution in [1.29, 1.82) is 0 Å². The van der Waals surface area contributed by atoms with Crippen molar-refractivity contribution in [3.05, 3.63) is 210 Å². The first-order valence-corrected chi connectivity index (χ1v) is 20.2. The van der Waals surface area contributed by atoms with Crippen molar-refractivity contribution in [3.8, 4) is 11.1 Å². The first-order valence-electron chi connectivity index (χ1n) is 20.2. The molecule has 0 radical (unpaired) electrons. The van der Waals surface area contributed by atoms with E-state index in [1.54, 1.807) is 0 Å².